The minimum absolute atomic E-state index is 0.515. The number of rotatable bonds is 4. The largest absolute Gasteiger partial charge is 0.306 e. The molecule has 7 nitrogen and oxygen atoms in total. The molecule has 3 aromatic rings. The predicted octanol–water partition coefficient (Wildman–Crippen LogP) is 7.71. The fraction of sp³-hybridized carbons (Fsp3) is 0.438. The predicted molar refractivity (Wildman–Crippen MR) is 155 cm³/mol. The van der Waals surface area contributed by atoms with E-state index in [0.29, 0.717) is 0 Å². The summed E-state index contributed by atoms with van der Waals surface area (Å²) < 4.78 is 0. The average molecular weight is 522 g/mol. The Labute approximate surface area is 234 Å². The highest BCUT2D eigenvalue weighted by molar-refractivity contribution is 5.42. The molecule has 1 aromatic heterocycles. The van der Waals surface area contributed by atoms with E-state index in [0.717, 1.165) is 33.4 Å². The van der Waals surface area contributed by atoms with Crippen molar-refractivity contribution >= 4 is 0 Å². The molecule has 0 saturated heterocycles. The number of nitrogens with zero attached hydrogens (tertiary/aromatic N) is 6. The van der Waals surface area contributed by atoms with Gasteiger partial charge >= 0.3 is 0 Å². The van der Waals surface area contributed by atoms with Gasteiger partial charge in [-0.25, -0.2) is 18.1 Å². The van der Waals surface area contributed by atoms with Gasteiger partial charge in [-0.3, -0.25) is 5.10 Å². The monoisotopic (exact) mass is 521 g/mol. The molecule has 0 unspecified atom stereocenters. The Kier molecular flexibility index (Phi) is 10.7. The first-order valence-corrected chi connectivity index (χ1v) is 12.6. The summed E-state index contributed by atoms with van der Waals surface area (Å²) in [6.07, 6.45) is 2.96. The smallest absolute Gasteiger partial charge is 0.252 e. The Morgan fingerprint density at radius 2 is 1.03 bits per heavy atom. The number of aryl methyl sites for hydroxylation is 2. The number of hydrogen-bond donors (Lipinski definition) is 1. The van der Waals surface area contributed by atoms with Crippen molar-refractivity contribution in [1.29, 1.82) is 10.5 Å². The standard InChI is InChI=1S/2C15H18N2.C2H3N3/c2*1-11-7-12(14(2,3)10-16)9-13(8-11)15(4,5)17-6;1-3-2-5-4-1/h2*7-9H,1-5H3;1-2H,(H,3,4,5). The van der Waals surface area contributed by atoms with E-state index in [1.807, 2.05) is 106 Å². The third-order valence-electron chi connectivity index (χ3n) is 6.46. The Hall–Kier alpha value is -4.46. The Morgan fingerprint density at radius 3 is 1.26 bits per heavy atom. The van der Waals surface area contributed by atoms with Crippen LogP contribution in [0.15, 0.2) is 49.1 Å². The molecule has 0 amide bonds. The van der Waals surface area contributed by atoms with Crippen molar-refractivity contribution in [2.75, 3.05) is 0 Å². The molecule has 1 N–H and O–H groups in total. The lowest BCUT2D eigenvalue weighted by atomic mass is 9.82. The quantitative estimate of drug-likeness (QED) is 0.356. The van der Waals surface area contributed by atoms with E-state index >= 15 is 0 Å². The molecular formula is C32H39N7. The van der Waals surface area contributed by atoms with Gasteiger partial charge in [0.05, 0.1) is 23.0 Å². The van der Waals surface area contributed by atoms with Crippen molar-refractivity contribution < 1.29 is 0 Å². The van der Waals surface area contributed by atoms with Gasteiger partial charge in [0.1, 0.15) is 12.7 Å². The van der Waals surface area contributed by atoms with Crippen LogP contribution in [0.2, 0.25) is 0 Å². The zero-order valence-corrected chi connectivity index (χ0v) is 24.8. The number of aromatic nitrogens is 3. The van der Waals surface area contributed by atoms with Gasteiger partial charge in [-0.2, -0.15) is 15.6 Å². The molecule has 3 rings (SSSR count). The summed E-state index contributed by atoms with van der Waals surface area (Å²) in [6, 6.07) is 16.7. The number of aromatic amines is 1. The number of H-pyrrole nitrogens is 1. The molecule has 0 bridgehead atoms. The van der Waals surface area contributed by atoms with Crippen LogP contribution in [0.4, 0.5) is 0 Å². The van der Waals surface area contributed by atoms with E-state index in [1.54, 1.807) is 0 Å². The second kappa shape index (κ2) is 12.9. The molecule has 0 atom stereocenters. The summed E-state index contributed by atoms with van der Waals surface area (Å²) in [7, 11) is 0. The second-order valence-corrected chi connectivity index (χ2v) is 11.6. The average Bonchev–Trinajstić information content (AvgIpc) is 3.49. The molecule has 0 fully saturated rings. The minimum atomic E-state index is -0.535. The van der Waals surface area contributed by atoms with Gasteiger partial charge < -0.3 is 9.69 Å². The van der Waals surface area contributed by atoms with Crippen molar-refractivity contribution in [1.82, 2.24) is 15.2 Å². The van der Waals surface area contributed by atoms with E-state index in [4.69, 9.17) is 13.1 Å². The summed E-state index contributed by atoms with van der Waals surface area (Å²) in [4.78, 5) is 10.9. The molecule has 0 saturated carbocycles. The van der Waals surface area contributed by atoms with Crippen LogP contribution >= 0.6 is 0 Å². The van der Waals surface area contributed by atoms with Crippen LogP contribution in [-0.4, -0.2) is 15.2 Å². The zero-order valence-electron chi connectivity index (χ0n) is 24.8. The number of hydrogen-bond acceptors (Lipinski definition) is 4. The van der Waals surface area contributed by atoms with Crippen LogP contribution in [0.25, 0.3) is 9.69 Å². The van der Waals surface area contributed by atoms with E-state index in [9.17, 15) is 10.5 Å². The fourth-order valence-corrected chi connectivity index (χ4v) is 3.42. The van der Waals surface area contributed by atoms with Crippen LogP contribution in [0.1, 0.15) is 88.8 Å². The molecule has 0 radical (unpaired) electrons. The van der Waals surface area contributed by atoms with Crippen LogP contribution in [0.3, 0.4) is 0 Å². The lowest BCUT2D eigenvalue weighted by Crippen LogP contribution is -2.18. The van der Waals surface area contributed by atoms with Gasteiger partial charge in [-0.05, 0) is 76.9 Å². The number of benzene rings is 2. The lowest BCUT2D eigenvalue weighted by molar-refractivity contribution is 0.646. The van der Waals surface area contributed by atoms with Gasteiger partial charge in [0, 0.05) is 38.8 Å². The molecule has 0 spiro atoms. The third-order valence-corrected chi connectivity index (χ3v) is 6.46. The van der Waals surface area contributed by atoms with Crippen LogP contribution < -0.4 is 0 Å². The fourth-order valence-electron chi connectivity index (χ4n) is 3.42. The van der Waals surface area contributed by atoms with Gasteiger partial charge in [0.2, 0.25) is 0 Å². The molecule has 39 heavy (non-hydrogen) atoms. The third kappa shape index (κ3) is 9.10. The van der Waals surface area contributed by atoms with E-state index < -0.39 is 21.9 Å². The van der Waals surface area contributed by atoms with Gasteiger partial charge in [0.15, 0.2) is 0 Å². The van der Waals surface area contributed by atoms with Crippen molar-refractivity contribution in [3.8, 4) is 12.1 Å². The van der Waals surface area contributed by atoms with Crippen molar-refractivity contribution in [3.05, 3.63) is 105 Å². The van der Waals surface area contributed by atoms with Crippen LogP contribution in [-0.2, 0) is 21.9 Å². The summed E-state index contributed by atoms with van der Waals surface area (Å²) in [5, 5.41) is 24.3. The van der Waals surface area contributed by atoms with Crippen LogP contribution in [0, 0.1) is 49.7 Å². The minimum Gasteiger partial charge on any atom is -0.306 e. The van der Waals surface area contributed by atoms with Crippen molar-refractivity contribution in [2.24, 2.45) is 0 Å². The molecule has 0 aliphatic rings. The van der Waals surface area contributed by atoms with Gasteiger partial charge in [-0.1, -0.05) is 23.3 Å². The number of nitrogens with one attached hydrogen (secondary N) is 1. The van der Waals surface area contributed by atoms with Crippen molar-refractivity contribution in [3.63, 3.8) is 0 Å². The summed E-state index contributed by atoms with van der Waals surface area (Å²) in [5.74, 6) is 0. The SMILES string of the molecule is [C-]#[N+]C(C)(C)c1cc(C)cc(C(C)(C)C#N)c1.[C-]#[N+]C(C)(C)c1cc(C)cc(C(C)(C)C#N)c1.c1nc[nH]n1. The second-order valence-electron chi connectivity index (χ2n) is 11.6. The highest BCUT2D eigenvalue weighted by Crippen LogP contribution is 2.32. The highest BCUT2D eigenvalue weighted by atomic mass is 15.2. The topological polar surface area (TPSA) is 97.9 Å². The molecule has 7 heteroatoms. The maximum Gasteiger partial charge on any atom is 0.252 e. The molecular weight excluding hydrogens is 482 g/mol. The lowest BCUT2D eigenvalue weighted by Gasteiger charge is -2.20. The van der Waals surface area contributed by atoms with Crippen LogP contribution in [0.5, 0.6) is 0 Å². The van der Waals surface area contributed by atoms with E-state index in [1.165, 1.54) is 12.7 Å². The molecule has 202 valence electrons. The maximum absolute atomic E-state index is 9.18. The van der Waals surface area contributed by atoms with Crippen molar-refractivity contribution in [2.45, 2.75) is 91.1 Å². The van der Waals surface area contributed by atoms with E-state index in [2.05, 4.69) is 37.0 Å². The van der Waals surface area contributed by atoms with Gasteiger partial charge in [-0.15, -0.1) is 0 Å². The molecule has 0 aliphatic carbocycles. The molecule has 0 aliphatic heterocycles. The Bertz CT molecular complexity index is 1210. The Morgan fingerprint density at radius 1 is 0.667 bits per heavy atom. The first-order valence-electron chi connectivity index (χ1n) is 12.6. The molecule has 1 heterocycles. The zero-order chi connectivity index (χ0) is 30.1. The Balaban J connectivity index is 0.000000330. The molecule has 2 aromatic carbocycles. The summed E-state index contributed by atoms with van der Waals surface area (Å²) >= 11 is 0. The first kappa shape index (κ1) is 32.6. The normalized spacial score (nSPS) is 11.2. The number of nitriles is 2. The highest BCUT2D eigenvalue weighted by Gasteiger charge is 2.30. The maximum atomic E-state index is 9.18. The summed E-state index contributed by atoms with van der Waals surface area (Å²) in [6.45, 7) is 33.7. The van der Waals surface area contributed by atoms with E-state index in [-0.39, 0.29) is 0 Å². The first-order chi connectivity index (χ1) is 18.0. The van der Waals surface area contributed by atoms with Gasteiger partial charge in [0.25, 0.3) is 11.1 Å². The summed E-state index contributed by atoms with van der Waals surface area (Å²) in [5.41, 5.74) is 4.00.